The average molecular weight is 294 g/mol. The van der Waals surface area contributed by atoms with E-state index in [2.05, 4.69) is 20.6 Å². The second-order valence-corrected chi connectivity index (χ2v) is 4.55. The fourth-order valence-electron chi connectivity index (χ4n) is 1.88. The summed E-state index contributed by atoms with van der Waals surface area (Å²) in [5, 5.41) is 5.89. The fraction of sp³-hybridized carbons (Fsp3) is 0.0625. The van der Waals surface area contributed by atoms with Gasteiger partial charge in [-0.15, -0.1) is 0 Å². The summed E-state index contributed by atoms with van der Waals surface area (Å²) in [6, 6.07) is 12.6. The van der Waals surface area contributed by atoms with Crippen LogP contribution in [-0.4, -0.2) is 15.9 Å². The molecule has 0 aliphatic heterocycles. The molecule has 2 N–H and O–H groups in total. The van der Waals surface area contributed by atoms with Crippen molar-refractivity contribution in [1.29, 1.82) is 0 Å². The summed E-state index contributed by atoms with van der Waals surface area (Å²) in [6.07, 6.45) is 4.83. The molecule has 0 saturated carbocycles. The molecule has 3 rings (SSSR count). The second-order valence-electron chi connectivity index (χ2n) is 4.55. The van der Waals surface area contributed by atoms with Crippen molar-refractivity contribution >= 4 is 17.5 Å². The fourth-order valence-corrected chi connectivity index (χ4v) is 1.88. The summed E-state index contributed by atoms with van der Waals surface area (Å²) in [7, 11) is 0. The zero-order valence-corrected chi connectivity index (χ0v) is 11.7. The van der Waals surface area contributed by atoms with E-state index in [0.29, 0.717) is 18.2 Å². The van der Waals surface area contributed by atoms with Gasteiger partial charge in [-0.05, 0) is 35.9 Å². The van der Waals surface area contributed by atoms with Gasteiger partial charge in [-0.2, -0.15) is 0 Å². The van der Waals surface area contributed by atoms with Crippen LogP contribution in [0.2, 0.25) is 0 Å². The number of nitrogens with zero attached hydrogens (tertiary/aromatic N) is 2. The molecular weight excluding hydrogens is 280 g/mol. The second kappa shape index (κ2) is 6.53. The lowest BCUT2D eigenvalue weighted by molar-refractivity contribution is 0.0996. The smallest absolute Gasteiger partial charge is 0.291 e. The minimum atomic E-state index is -0.270. The number of nitrogens with one attached hydrogen (secondary N) is 2. The Hall–Kier alpha value is -3.15. The zero-order chi connectivity index (χ0) is 15.2. The maximum Gasteiger partial charge on any atom is 0.291 e. The van der Waals surface area contributed by atoms with Gasteiger partial charge in [0, 0.05) is 24.6 Å². The number of aromatic nitrogens is 2. The molecule has 2 aromatic heterocycles. The van der Waals surface area contributed by atoms with Crippen LogP contribution in [0.1, 0.15) is 16.1 Å². The number of furan rings is 1. The Bertz CT molecular complexity index is 725. The van der Waals surface area contributed by atoms with Crippen molar-refractivity contribution in [3.63, 3.8) is 0 Å². The zero-order valence-electron chi connectivity index (χ0n) is 11.7. The van der Waals surface area contributed by atoms with E-state index >= 15 is 0 Å². The minimum Gasteiger partial charge on any atom is -0.459 e. The van der Waals surface area contributed by atoms with Crippen molar-refractivity contribution in [2.45, 2.75) is 6.54 Å². The average Bonchev–Trinajstić information content (AvgIpc) is 3.10. The first-order valence-corrected chi connectivity index (χ1v) is 6.76. The van der Waals surface area contributed by atoms with Gasteiger partial charge in [-0.1, -0.05) is 12.1 Å². The van der Waals surface area contributed by atoms with Crippen LogP contribution < -0.4 is 10.6 Å². The van der Waals surface area contributed by atoms with E-state index < -0.39 is 0 Å². The lowest BCUT2D eigenvalue weighted by Crippen LogP contribution is -2.10. The number of carbonyl (C=O) groups is 1. The van der Waals surface area contributed by atoms with Gasteiger partial charge in [0.05, 0.1) is 6.26 Å². The normalized spacial score (nSPS) is 10.2. The summed E-state index contributed by atoms with van der Waals surface area (Å²) < 4.78 is 5.04. The Balaban J connectivity index is 1.57. The minimum absolute atomic E-state index is 0.270. The summed E-state index contributed by atoms with van der Waals surface area (Å²) in [5.74, 6) is 0.596. The van der Waals surface area contributed by atoms with Gasteiger partial charge in [0.15, 0.2) is 5.76 Å². The van der Waals surface area contributed by atoms with E-state index in [1.807, 2.05) is 24.3 Å². The van der Waals surface area contributed by atoms with Crippen LogP contribution in [0.4, 0.5) is 11.6 Å². The van der Waals surface area contributed by atoms with Gasteiger partial charge in [-0.25, -0.2) is 9.97 Å². The summed E-state index contributed by atoms with van der Waals surface area (Å²) >= 11 is 0. The molecule has 6 nitrogen and oxygen atoms in total. The number of anilines is 2. The topological polar surface area (TPSA) is 80.0 Å². The van der Waals surface area contributed by atoms with Crippen LogP contribution in [0.25, 0.3) is 0 Å². The molecule has 22 heavy (non-hydrogen) atoms. The van der Waals surface area contributed by atoms with E-state index in [9.17, 15) is 4.79 Å². The number of amides is 1. The summed E-state index contributed by atoms with van der Waals surface area (Å²) in [4.78, 5) is 20.0. The van der Waals surface area contributed by atoms with Gasteiger partial charge in [0.25, 0.3) is 5.91 Å². The molecule has 0 saturated heterocycles. The molecule has 1 amide bonds. The van der Waals surface area contributed by atoms with Crippen LogP contribution >= 0.6 is 0 Å². The van der Waals surface area contributed by atoms with Crippen molar-refractivity contribution in [2.24, 2.45) is 0 Å². The lowest BCUT2D eigenvalue weighted by atomic mass is 10.2. The maximum atomic E-state index is 11.8. The Morgan fingerprint density at radius 2 is 1.82 bits per heavy atom. The van der Waals surface area contributed by atoms with Crippen molar-refractivity contribution < 1.29 is 9.21 Å². The molecule has 0 bridgehead atoms. The van der Waals surface area contributed by atoms with Crippen LogP contribution in [0.3, 0.4) is 0 Å². The number of hydrogen-bond acceptors (Lipinski definition) is 5. The van der Waals surface area contributed by atoms with Gasteiger partial charge in [-0.3, -0.25) is 4.79 Å². The van der Waals surface area contributed by atoms with E-state index in [4.69, 9.17) is 4.42 Å². The third kappa shape index (κ3) is 3.49. The lowest BCUT2D eigenvalue weighted by Gasteiger charge is -2.06. The van der Waals surface area contributed by atoms with Crippen LogP contribution in [0.5, 0.6) is 0 Å². The predicted molar refractivity (Wildman–Crippen MR) is 82.5 cm³/mol. The molecule has 0 spiro atoms. The molecule has 2 heterocycles. The number of benzene rings is 1. The van der Waals surface area contributed by atoms with Crippen molar-refractivity contribution in [3.05, 3.63) is 72.4 Å². The SMILES string of the molecule is O=C(Nc1ccc(CNc2ncccn2)cc1)c1ccco1. The molecule has 3 aromatic rings. The summed E-state index contributed by atoms with van der Waals surface area (Å²) in [5.41, 5.74) is 1.77. The number of rotatable bonds is 5. The highest BCUT2D eigenvalue weighted by Crippen LogP contribution is 2.12. The molecular formula is C16H14N4O2. The van der Waals surface area contributed by atoms with E-state index in [0.717, 1.165) is 5.56 Å². The van der Waals surface area contributed by atoms with Gasteiger partial charge in [0.2, 0.25) is 5.95 Å². The highest BCUT2D eigenvalue weighted by molar-refractivity contribution is 6.02. The Labute approximate surface area is 127 Å². The Kier molecular flexibility index (Phi) is 4.10. The van der Waals surface area contributed by atoms with Gasteiger partial charge >= 0.3 is 0 Å². The monoisotopic (exact) mass is 294 g/mol. The number of hydrogen-bond donors (Lipinski definition) is 2. The quantitative estimate of drug-likeness (QED) is 0.756. The van der Waals surface area contributed by atoms with E-state index in [1.54, 1.807) is 30.6 Å². The highest BCUT2D eigenvalue weighted by Gasteiger charge is 2.08. The molecule has 0 aliphatic carbocycles. The maximum absolute atomic E-state index is 11.8. The molecule has 0 atom stereocenters. The Morgan fingerprint density at radius 1 is 1.05 bits per heavy atom. The molecule has 0 aliphatic rings. The predicted octanol–water partition coefficient (Wildman–Crippen LogP) is 2.93. The Morgan fingerprint density at radius 3 is 2.50 bits per heavy atom. The van der Waals surface area contributed by atoms with Crippen molar-refractivity contribution in [3.8, 4) is 0 Å². The van der Waals surface area contributed by atoms with Crippen LogP contribution in [0, 0.1) is 0 Å². The van der Waals surface area contributed by atoms with Crippen molar-refractivity contribution in [2.75, 3.05) is 10.6 Å². The van der Waals surface area contributed by atoms with E-state index in [-0.39, 0.29) is 11.7 Å². The third-order valence-corrected chi connectivity index (χ3v) is 2.97. The molecule has 0 fully saturated rings. The van der Waals surface area contributed by atoms with Gasteiger partial charge in [0.1, 0.15) is 0 Å². The number of carbonyl (C=O) groups excluding carboxylic acids is 1. The molecule has 1 aromatic carbocycles. The van der Waals surface area contributed by atoms with Crippen molar-refractivity contribution in [1.82, 2.24) is 9.97 Å². The first-order chi connectivity index (χ1) is 10.8. The standard InChI is InChI=1S/C16H14N4O2/c21-15(14-3-1-10-22-14)20-13-6-4-12(5-7-13)11-19-16-17-8-2-9-18-16/h1-10H,11H2,(H,20,21)(H,17,18,19). The molecule has 0 unspecified atom stereocenters. The van der Waals surface area contributed by atoms with Gasteiger partial charge < -0.3 is 15.1 Å². The first kappa shape index (κ1) is 13.8. The highest BCUT2D eigenvalue weighted by atomic mass is 16.3. The summed E-state index contributed by atoms with van der Waals surface area (Å²) in [6.45, 7) is 0.608. The van der Waals surface area contributed by atoms with Crippen LogP contribution in [-0.2, 0) is 6.54 Å². The molecule has 6 heteroatoms. The molecule has 110 valence electrons. The largest absolute Gasteiger partial charge is 0.459 e. The van der Waals surface area contributed by atoms with Crippen LogP contribution in [0.15, 0.2) is 65.5 Å². The molecule has 0 radical (unpaired) electrons. The third-order valence-electron chi connectivity index (χ3n) is 2.97. The first-order valence-electron chi connectivity index (χ1n) is 6.76. The van der Waals surface area contributed by atoms with E-state index in [1.165, 1.54) is 6.26 Å².